The van der Waals surface area contributed by atoms with E-state index < -0.39 is 0 Å². The van der Waals surface area contributed by atoms with Crippen LogP contribution in [0.4, 0.5) is 0 Å². The molecule has 1 fully saturated rings. The monoisotopic (exact) mass is 243 g/mol. The van der Waals surface area contributed by atoms with Crippen molar-refractivity contribution in [2.24, 2.45) is 7.05 Å². The highest BCUT2D eigenvalue weighted by Crippen LogP contribution is 2.23. The van der Waals surface area contributed by atoms with Crippen molar-refractivity contribution in [1.82, 2.24) is 15.1 Å². The number of hydrogen-bond donors (Lipinski definition) is 1. The predicted molar refractivity (Wildman–Crippen MR) is 68.5 cm³/mol. The molecule has 1 N–H and O–H groups in total. The fourth-order valence-corrected chi connectivity index (χ4v) is 4.22. The minimum Gasteiger partial charge on any atom is -0.310 e. The van der Waals surface area contributed by atoms with Crippen LogP contribution in [0.3, 0.4) is 0 Å². The molecule has 0 saturated carbocycles. The summed E-state index contributed by atoms with van der Waals surface area (Å²) in [6.45, 7) is 2.00. The zero-order valence-electron chi connectivity index (χ0n) is 8.98. The van der Waals surface area contributed by atoms with Gasteiger partial charge in [-0.05, 0) is 6.07 Å². The largest absolute Gasteiger partial charge is 0.310 e. The normalized spacial score (nSPS) is 21.8. The number of thioether (sulfide) groups is 2. The van der Waals surface area contributed by atoms with E-state index >= 15 is 0 Å². The Balaban J connectivity index is 1.65. The second kappa shape index (κ2) is 5.82. The third-order valence-electron chi connectivity index (χ3n) is 2.33. The molecule has 1 aliphatic heterocycles. The molecule has 3 nitrogen and oxygen atoms in total. The Morgan fingerprint density at radius 1 is 1.60 bits per heavy atom. The first-order chi connectivity index (χ1) is 7.34. The highest BCUT2D eigenvalue weighted by atomic mass is 32.2. The molecule has 84 valence electrons. The molecule has 0 aliphatic carbocycles. The molecule has 0 bridgehead atoms. The van der Waals surface area contributed by atoms with E-state index in [1.54, 1.807) is 0 Å². The van der Waals surface area contributed by atoms with Crippen molar-refractivity contribution >= 4 is 23.5 Å². The van der Waals surface area contributed by atoms with Crippen molar-refractivity contribution in [3.8, 4) is 0 Å². The van der Waals surface area contributed by atoms with Crippen LogP contribution in [0.15, 0.2) is 12.3 Å². The van der Waals surface area contributed by atoms with Crippen LogP contribution in [0.1, 0.15) is 5.69 Å². The Morgan fingerprint density at radius 2 is 2.53 bits per heavy atom. The third kappa shape index (κ3) is 3.74. The van der Waals surface area contributed by atoms with Crippen LogP contribution in [0.5, 0.6) is 0 Å². The lowest BCUT2D eigenvalue weighted by Crippen LogP contribution is -2.28. The summed E-state index contributed by atoms with van der Waals surface area (Å²) >= 11 is 4.17. The topological polar surface area (TPSA) is 29.9 Å². The van der Waals surface area contributed by atoms with Gasteiger partial charge >= 0.3 is 0 Å². The van der Waals surface area contributed by atoms with Crippen molar-refractivity contribution in [3.05, 3.63) is 18.0 Å². The zero-order chi connectivity index (χ0) is 10.5. The smallest absolute Gasteiger partial charge is 0.0762 e. The molecule has 2 rings (SSSR count). The first kappa shape index (κ1) is 11.4. The molecule has 0 radical (unpaired) electrons. The number of aryl methyl sites for hydroxylation is 1. The van der Waals surface area contributed by atoms with Gasteiger partial charge in [-0.2, -0.15) is 28.6 Å². The van der Waals surface area contributed by atoms with E-state index in [2.05, 4.69) is 40.0 Å². The summed E-state index contributed by atoms with van der Waals surface area (Å²) in [5, 5.41) is 8.59. The van der Waals surface area contributed by atoms with Crippen LogP contribution < -0.4 is 5.32 Å². The lowest BCUT2D eigenvalue weighted by atomic mass is 10.4. The van der Waals surface area contributed by atoms with Gasteiger partial charge in [-0.1, -0.05) is 0 Å². The molecule has 0 spiro atoms. The van der Waals surface area contributed by atoms with Crippen molar-refractivity contribution in [3.63, 3.8) is 0 Å². The van der Waals surface area contributed by atoms with Gasteiger partial charge < -0.3 is 5.32 Å². The summed E-state index contributed by atoms with van der Waals surface area (Å²) in [6.07, 6.45) is 1.99. The van der Waals surface area contributed by atoms with E-state index in [1.807, 2.05) is 17.9 Å². The quantitative estimate of drug-likeness (QED) is 0.865. The van der Waals surface area contributed by atoms with Gasteiger partial charge in [0.1, 0.15) is 0 Å². The number of hydrogen-bond acceptors (Lipinski definition) is 4. The predicted octanol–water partition coefficient (Wildman–Crippen LogP) is 1.36. The van der Waals surface area contributed by atoms with Crippen LogP contribution in [-0.4, -0.2) is 38.8 Å². The van der Waals surface area contributed by atoms with Crippen molar-refractivity contribution in [2.45, 2.75) is 11.8 Å². The molecular formula is C10H17N3S2. The van der Waals surface area contributed by atoms with Crippen LogP contribution in [0, 0.1) is 0 Å². The fraction of sp³-hybridized carbons (Fsp3) is 0.700. The Labute approximate surface area is 99.4 Å². The Kier molecular flexibility index (Phi) is 4.41. The highest BCUT2D eigenvalue weighted by molar-refractivity contribution is 8.06. The van der Waals surface area contributed by atoms with Gasteiger partial charge in [0, 0.05) is 48.8 Å². The van der Waals surface area contributed by atoms with Gasteiger partial charge in [-0.3, -0.25) is 4.68 Å². The van der Waals surface area contributed by atoms with E-state index in [4.69, 9.17) is 0 Å². The average Bonchev–Trinajstić information content (AvgIpc) is 2.66. The second-order valence-corrected chi connectivity index (χ2v) is 6.24. The molecule has 2 heterocycles. The molecule has 1 aromatic rings. The van der Waals surface area contributed by atoms with Crippen LogP contribution >= 0.6 is 23.5 Å². The summed E-state index contributed by atoms with van der Waals surface area (Å²) < 4.78 is 1.85. The van der Waals surface area contributed by atoms with E-state index in [1.165, 1.54) is 17.3 Å². The SMILES string of the molecule is Cn1ccc(CNCC2CSCCS2)n1. The van der Waals surface area contributed by atoms with E-state index in [-0.39, 0.29) is 0 Å². The fourth-order valence-electron chi connectivity index (χ4n) is 1.57. The summed E-state index contributed by atoms with van der Waals surface area (Å²) in [5.41, 5.74) is 1.13. The van der Waals surface area contributed by atoms with Gasteiger partial charge in [0.2, 0.25) is 0 Å². The lowest BCUT2D eigenvalue weighted by molar-refractivity contribution is 0.654. The summed E-state index contributed by atoms with van der Waals surface area (Å²) in [7, 11) is 1.96. The van der Waals surface area contributed by atoms with Gasteiger partial charge in [-0.25, -0.2) is 0 Å². The maximum absolute atomic E-state index is 4.34. The Hall–Kier alpha value is -0.130. The molecule has 0 aromatic carbocycles. The third-order valence-corrected chi connectivity index (χ3v) is 5.18. The van der Waals surface area contributed by atoms with E-state index in [0.717, 1.165) is 24.0 Å². The molecule has 1 unspecified atom stereocenters. The summed E-state index contributed by atoms with van der Waals surface area (Å²) in [4.78, 5) is 0. The summed E-state index contributed by atoms with van der Waals surface area (Å²) in [6, 6.07) is 2.07. The molecular weight excluding hydrogens is 226 g/mol. The maximum Gasteiger partial charge on any atom is 0.0762 e. The molecule has 5 heteroatoms. The summed E-state index contributed by atoms with van der Waals surface area (Å²) in [5.74, 6) is 3.92. The molecule has 1 aliphatic rings. The molecule has 1 saturated heterocycles. The zero-order valence-corrected chi connectivity index (χ0v) is 10.6. The number of aromatic nitrogens is 2. The van der Waals surface area contributed by atoms with E-state index in [9.17, 15) is 0 Å². The Bertz CT molecular complexity index is 295. The van der Waals surface area contributed by atoms with Crippen LogP contribution in [0.25, 0.3) is 0 Å². The number of nitrogens with zero attached hydrogens (tertiary/aromatic N) is 2. The first-order valence-corrected chi connectivity index (χ1v) is 7.43. The lowest BCUT2D eigenvalue weighted by Gasteiger charge is -2.20. The van der Waals surface area contributed by atoms with Crippen molar-refractivity contribution < 1.29 is 0 Å². The standard InChI is InChI=1S/C10H17N3S2/c1-13-3-2-9(12-13)6-11-7-10-8-14-4-5-15-10/h2-3,10-11H,4-8H2,1H3. The molecule has 1 atom stereocenters. The van der Waals surface area contributed by atoms with Crippen molar-refractivity contribution in [1.29, 1.82) is 0 Å². The van der Waals surface area contributed by atoms with E-state index in [0.29, 0.717) is 0 Å². The van der Waals surface area contributed by atoms with Gasteiger partial charge in [0.15, 0.2) is 0 Å². The highest BCUT2D eigenvalue weighted by Gasteiger charge is 2.13. The number of rotatable bonds is 4. The molecule has 1 aromatic heterocycles. The Morgan fingerprint density at radius 3 is 3.20 bits per heavy atom. The maximum atomic E-state index is 4.34. The molecule has 0 amide bonds. The van der Waals surface area contributed by atoms with Gasteiger partial charge in [-0.15, -0.1) is 0 Å². The second-order valence-electron chi connectivity index (χ2n) is 3.68. The van der Waals surface area contributed by atoms with Gasteiger partial charge in [0.25, 0.3) is 0 Å². The van der Waals surface area contributed by atoms with Crippen LogP contribution in [0.2, 0.25) is 0 Å². The number of nitrogens with one attached hydrogen (secondary N) is 1. The van der Waals surface area contributed by atoms with Gasteiger partial charge in [0.05, 0.1) is 5.69 Å². The van der Waals surface area contributed by atoms with Crippen molar-refractivity contribution in [2.75, 3.05) is 23.8 Å². The minimum atomic E-state index is 0.785. The first-order valence-electron chi connectivity index (χ1n) is 5.23. The van der Waals surface area contributed by atoms with Crippen LogP contribution in [-0.2, 0) is 13.6 Å². The molecule has 15 heavy (non-hydrogen) atoms. The minimum absolute atomic E-state index is 0.785. The average molecular weight is 243 g/mol.